The number of hydroxylamine groups is 1. The van der Waals surface area contributed by atoms with Gasteiger partial charge in [0.1, 0.15) is 6.26 Å². The zero-order valence-electron chi connectivity index (χ0n) is 6.25. The molecule has 0 spiro atoms. The lowest BCUT2D eigenvalue weighted by Gasteiger charge is -1.94. The number of carbonyl (C=O) groups is 1. The Labute approximate surface area is 63.3 Å². The van der Waals surface area contributed by atoms with Gasteiger partial charge in [-0.05, 0) is 6.92 Å². The average molecular weight is 156 g/mol. The number of oxazole rings is 1. The van der Waals surface area contributed by atoms with Crippen molar-refractivity contribution in [2.75, 3.05) is 7.11 Å². The maximum Gasteiger partial charge on any atom is 0.330 e. The van der Waals surface area contributed by atoms with E-state index in [1.165, 1.54) is 13.4 Å². The Bertz CT molecular complexity index is 256. The number of aromatic nitrogens is 1. The van der Waals surface area contributed by atoms with Crippen LogP contribution in [0.4, 0.5) is 0 Å². The Kier molecular flexibility index (Phi) is 2.22. The smallest absolute Gasteiger partial charge is 0.330 e. The second-order valence-corrected chi connectivity index (χ2v) is 1.93. The number of aryl methyl sites for hydroxylation is 1. The molecule has 1 heterocycles. The summed E-state index contributed by atoms with van der Waals surface area (Å²) in [5, 5.41) is 0. The largest absolute Gasteiger partial charge is 0.441 e. The van der Waals surface area contributed by atoms with Gasteiger partial charge in [-0.1, -0.05) is 0 Å². The lowest BCUT2D eigenvalue weighted by atomic mass is 10.6. The first-order chi connectivity index (χ1) is 5.24. The molecule has 0 fully saturated rings. The molecule has 1 rings (SSSR count). The molecule has 1 amide bonds. The predicted octanol–water partition coefficient (Wildman–Crippen LogP) is 0.274. The Hall–Kier alpha value is -1.36. The number of nitrogens with zero attached hydrogens (tertiary/aromatic N) is 1. The molecule has 0 aliphatic carbocycles. The molecule has 0 aromatic carbocycles. The molecule has 0 aliphatic heterocycles. The summed E-state index contributed by atoms with van der Waals surface area (Å²) in [6.07, 6.45) is 1.39. The molecule has 0 radical (unpaired) electrons. The molecule has 0 atom stereocenters. The van der Waals surface area contributed by atoms with E-state index < -0.39 is 5.91 Å². The summed E-state index contributed by atoms with van der Waals surface area (Å²) >= 11 is 0. The van der Waals surface area contributed by atoms with Crippen LogP contribution >= 0.6 is 0 Å². The monoisotopic (exact) mass is 156 g/mol. The van der Waals surface area contributed by atoms with Crippen LogP contribution in [0.2, 0.25) is 0 Å². The average Bonchev–Trinajstić information content (AvgIpc) is 2.36. The lowest BCUT2D eigenvalue weighted by Crippen LogP contribution is -2.21. The van der Waals surface area contributed by atoms with E-state index in [2.05, 4.69) is 15.3 Å². The van der Waals surface area contributed by atoms with E-state index in [0.29, 0.717) is 5.69 Å². The molecule has 1 aromatic heterocycles. The Morgan fingerprint density at radius 3 is 3.00 bits per heavy atom. The number of rotatable bonds is 2. The molecule has 0 saturated heterocycles. The third kappa shape index (κ3) is 1.78. The highest BCUT2D eigenvalue weighted by Gasteiger charge is 2.10. The van der Waals surface area contributed by atoms with Gasteiger partial charge in [-0.25, -0.2) is 10.5 Å². The summed E-state index contributed by atoms with van der Waals surface area (Å²) < 4.78 is 4.78. The molecule has 1 N–H and O–H groups in total. The molecular formula is C6H8N2O3. The summed E-state index contributed by atoms with van der Waals surface area (Å²) in [4.78, 5) is 19.0. The maximum atomic E-state index is 10.9. The van der Waals surface area contributed by atoms with Crippen LogP contribution in [-0.2, 0) is 4.84 Å². The summed E-state index contributed by atoms with van der Waals surface area (Å²) in [6, 6.07) is 0. The van der Waals surface area contributed by atoms with Gasteiger partial charge < -0.3 is 4.42 Å². The van der Waals surface area contributed by atoms with Gasteiger partial charge in [0.05, 0.1) is 12.8 Å². The van der Waals surface area contributed by atoms with Crippen molar-refractivity contribution in [1.82, 2.24) is 10.5 Å². The Morgan fingerprint density at radius 2 is 2.55 bits per heavy atom. The molecule has 0 bridgehead atoms. The maximum absolute atomic E-state index is 10.9. The Morgan fingerprint density at radius 1 is 1.82 bits per heavy atom. The minimum atomic E-state index is -0.486. The molecule has 0 saturated carbocycles. The first-order valence-electron chi connectivity index (χ1n) is 2.99. The van der Waals surface area contributed by atoms with E-state index in [9.17, 15) is 4.79 Å². The van der Waals surface area contributed by atoms with E-state index in [-0.39, 0.29) is 5.89 Å². The molecular weight excluding hydrogens is 148 g/mol. The van der Waals surface area contributed by atoms with Gasteiger partial charge in [-0.3, -0.25) is 9.63 Å². The van der Waals surface area contributed by atoms with E-state index in [0.717, 1.165) is 0 Å². The minimum Gasteiger partial charge on any atom is -0.441 e. The third-order valence-electron chi connectivity index (χ3n) is 1.01. The SMILES string of the molecule is CONC(=O)c1nc(C)co1. The fourth-order valence-corrected chi connectivity index (χ4v) is 0.595. The van der Waals surface area contributed by atoms with Gasteiger partial charge in [0.25, 0.3) is 5.89 Å². The zero-order chi connectivity index (χ0) is 8.27. The summed E-state index contributed by atoms with van der Waals surface area (Å²) in [7, 11) is 1.34. The van der Waals surface area contributed by atoms with Crippen LogP contribution in [-0.4, -0.2) is 18.0 Å². The Balaban J connectivity index is 2.69. The van der Waals surface area contributed by atoms with Crippen molar-refractivity contribution in [1.29, 1.82) is 0 Å². The van der Waals surface area contributed by atoms with Crippen molar-refractivity contribution >= 4 is 5.91 Å². The van der Waals surface area contributed by atoms with Crippen molar-refractivity contribution in [3.8, 4) is 0 Å². The first kappa shape index (κ1) is 7.74. The summed E-state index contributed by atoms with van der Waals surface area (Å²) in [5.41, 5.74) is 2.74. The van der Waals surface area contributed by atoms with Crippen molar-refractivity contribution < 1.29 is 14.0 Å². The second kappa shape index (κ2) is 3.16. The summed E-state index contributed by atoms with van der Waals surface area (Å²) in [5.74, 6) is -0.482. The number of nitrogens with one attached hydrogen (secondary N) is 1. The highest BCUT2D eigenvalue weighted by molar-refractivity contribution is 5.88. The molecule has 5 heteroatoms. The van der Waals surface area contributed by atoms with Crippen molar-refractivity contribution in [2.24, 2.45) is 0 Å². The van der Waals surface area contributed by atoms with E-state index in [1.807, 2.05) is 0 Å². The minimum absolute atomic E-state index is 0.00403. The van der Waals surface area contributed by atoms with Gasteiger partial charge in [-0.15, -0.1) is 0 Å². The molecule has 5 nitrogen and oxygen atoms in total. The van der Waals surface area contributed by atoms with Gasteiger partial charge in [0.2, 0.25) is 0 Å². The van der Waals surface area contributed by atoms with Gasteiger partial charge in [0.15, 0.2) is 0 Å². The van der Waals surface area contributed by atoms with Crippen molar-refractivity contribution in [2.45, 2.75) is 6.92 Å². The van der Waals surface area contributed by atoms with E-state index >= 15 is 0 Å². The van der Waals surface area contributed by atoms with Crippen LogP contribution in [0.1, 0.15) is 16.4 Å². The highest BCUT2D eigenvalue weighted by atomic mass is 16.6. The molecule has 11 heavy (non-hydrogen) atoms. The quantitative estimate of drug-likeness (QED) is 0.624. The first-order valence-corrected chi connectivity index (χ1v) is 2.99. The van der Waals surface area contributed by atoms with Crippen LogP contribution in [0.15, 0.2) is 10.7 Å². The van der Waals surface area contributed by atoms with Crippen molar-refractivity contribution in [3.63, 3.8) is 0 Å². The van der Waals surface area contributed by atoms with Crippen molar-refractivity contribution in [3.05, 3.63) is 17.8 Å². The molecule has 0 unspecified atom stereocenters. The number of hydrogen-bond acceptors (Lipinski definition) is 4. The number of hydrogen-bond donors (Lipinski definition) is 1. The van der Waals surface area contributed by atoms with Crippen LogP contribution in [0.5, 0.6) is 0 Å². The third-order valence-corrected chi connectivity index (χ3v) is 1.01. The number of amides is 1. The topological polar surface area (TPSA) is 64.4 Å². The molecule has 0 aliphatic rings. The molecule has 60 valence electrons. The van der Waals surface area contributed by atoms with E-state index in [1.54, 1.807) is 6.92 Å². The standard InChI is InChI=1S/C6H8N2O3/c1-4-3-11-6(7-4)5(9)8-10-2/h3H,1-2H3,(H,8,9). The van der Waals surface area contributed by atoms with Gasteiger partial charge in [-0.2, -0.15) is 0 Å². The van der Waals surface area contributed by atoms with Crippen LogP contribution in [0.25, 0.3) is 0 Å². The summed E-state index contributed by atoms with van der Waals surface area (Å²) in [6.45, 7) is 1.73. The second-order valence-electron chi connectivity index (χ2n) is 1.93. The fraction of sp³-hybridized carbons (Fsp3) is 0.333. The normalized spacial score (nSPS) is 9.64. The van der Waals surface area contributed by atoms with Gasteiger partial charge in [0, 0.05) is 0 Å². The lowest BCUT2D eigenvalue weighted by molar-refractivity contribution is 0.0502. The van der Waals surface area contributed by atoms with Crippen LogP contribution in [0.3, 0.4) is 0 Å². The van der Waals surface area contributed by atoms with Crippen LogP contribution < -0.4 is 5.48 Å². The molecule has 1 aromatic rings. The zero-order valence-corrected chi connectivity index (χ0v) is 6.25. The predicted molar refractivity (Wildman–Crippen MR) is 35.7 cm³/mol. The fourth-order valence-electron chi connectivity index (χ4n) is 0.595. The van der Waals surface area contributed by atoms with E-state index in [4.69, 9.17) is 4.42 Å². The van der Waals surface area contributed by atoms with Crippen LogP contribution in [0, 0.1) is 6.92 Å². The highest BCUT2D eigenvalue weighted by Crippen LogP contribution is 1.98. The number of carbonyl (C=O) groups excluding carboxylic acids is 1. The van der Waals surface area contributed by atoms with Gasteiger partial charge >= 0.3 is 5.91 Å².